The van der Waals surface area contributed by atoms with Crippen LogP contribution in [0.25, 0.3) is 11.1 Å². The van der Waals surface area contributed by atoms with E-state index in [4.69, 9.17) is 5.73 Å². The molecule has 0 amide bonds. The monoisotopic (exact) mass is 231 g/mol. The number of fused-ring (bicyclic) bond motifs is 3. The van der Waals surface area contributed by atoms with Crippen LogP contribution in [0.4, 0.5) is 14.5 Å². The van der Waals surface area contributed by atoms with E-state index in [2.05, 4.69) is 0 Å². The molecule has 0 bridgehead atoms. The zero-order valence-corrected chi connectivity index (χ0v) is 8.63. The van der Waals surface area contributed by atoms with E-state index in [1.165, 1.54) is 24.3 Å². The van der Waals surface area contributed by atoms with Gasteiger partial charge in [0.1, 0.15) is 11.6 Å². The molecule has 3 rings (SSSR count). The smallest absolute Gasteiger partial charge is 0.194 e. The van der Waals surface area contributed by atoms with Crippen molar-refractivity contribution in [1.82, 2.24) is 0 Å². The van der Waals surface area contributed by atoms with Gasteiger partial charge in [-0.05, 0) is 35.4 Å². The molecule has 0 unspecified atom stereocenters. The number of hydrogen-bond donors (Lipinski definition) is 1. The van der Waals surface area contributed by atoms with Gasteiger partial charge >= 0.3 is 0 Å². The minimum Gasteiger partial charge on any atom is -0.396 e. The molecule has 0 fully saturated rings. The lowest BCUT2D eigenvalue weighted by Gasteiger charge is -2.02. The van der Waals surface area contributed by atoms with Gasteiger partial charge in [0.15, 0.2) is 5.78 Å². The van der Waals surface area contributed by atoms with Crippen LogP contribution in [0.3, 0.4) is 0 Å². The molecule has 2 nitrogen and oxygen atoms in total. The minimum atomic E-state index is -0.575. The van der Waals surface area contributed by atoms with Gasteiger partial charge in [-0.15, -0.1) is 0 Å². The first kappa shape index (κ1) is 9.96. The number of carbonyl (C=O) groups excluding carboxylic acids is 1. The minimum absolute atomic E-state index is 0.0784. The molecule has 2 aromatic rings. The summed E-state index contributed by atoms with van der Waals surface area (Å²) < 4.78 is 26.4. The van der Waals surface area contributed by atoms with Crippen LogP contribution in [0.15, 0.2) is 30.3 Å². The summed E-state index contributed by atoms with van der Waals surface area (Å²) >= 11 is 0. The molecular weight excluding hydrogens is 224 g/mol. The van der Waals surface area contributed by atoms with Crippen molar-refractivity contribution in [2.24, 2.45) is 0 Å². The van der Waals surface area contributed by atoms with Crippen LogP contribution in [0, 0.1) is 11.6 Å². The molecule has 1 aliphatic carbocycles. The van der Waals surface area contributed by atoms with Gasteiger partial charge in [-0.3, -0.25) is 4.79 Å². The Hall–Kier alpha value is -2.23. The zero-order valence-electron chi connectivity index (χ0n) is 8.63. The average Bonchev–Trinajstić information content (AvgIpc) is 2.54. The summed E-state index contributed by atoms with van der Waals surface area (Å²) in [6.07, 6.45) is 0. The van der Waals surface area contributed by atoms with Crippen LogP contribution < -0.4 is 5.73 Å². The Balaban J connectivity index is 2.35. The van der Waals surface area contributed by atoms with Crippen molar-refractivity contribution in [2.75, 3.05) is 5.73 Å². The summed E-state index contributed by atoms with van der Waals surface area (Å²) in [6.45, 7) is 0. The van der Waals surface area contributed by atoms with Gasteiger partial charge in [-0.1, -0.05) is 6.07 Å². The lowest BCUT2D eigenvalue weighted by Crippen LogP contribution is -1.98. The predicted molar refractivity (Wildman–Crippen MR) is 59.6 cm³/mol. The number of carbonyl (C=O) groups is 1. The summed E-state index contributed by atoms with van der Waals surface area (Å²) in [4.78, 5) is 12.0. The number of nitrogen functional groups attached to an aromatic ring is 1. The summed E-state index contributed by atoms with van der Waals surface area (Å²) in [6, 6.07) is 6.39. The molecule has 0 aliphatic heterocycles. The van der Waals surface area contributed by atoms with E-state index in [0.717, 1.165) is 6.07 Å². The lowest BCUT2D eigenvalue weighted by molar-refractivity contribution is 0.104. The third-order valence-corrected chi connectivity index (χ3v) is 2.90. The molecule has 4 heteroatoms. The van der Waals surface area contributed by atoms with Crippen LogP contribution in [0.1, 0.15) is 15.9 Å². The Bertz CT molecular complexity index is 665. The molecule has 0 radical (unpaired) electrons. The molecule has 2 aromatic carbocycles. The SMILES string of the molecule is Nc1cc2c(cc1F)-c1ccc(F)cc1C2=O. The normalized spacial score (nSPS) is 12.5. The highest BCUT2D eigenvalue weighted by Gasteiger charge is 2.28. The molecule has 0 saturated carbocycles. The van der Waals surface area contributed by atoms with E-state index in [-0.39, 0.29) is 17.0 Å². The first-order chi connectivity index (χ1) is 8.08. The van der Waals surface area contributed by atoms with Crippen molar-refractivity contribution in [1.29, 1.82) is 0 Å². The second kappa shape index (κ2) is 3.13. The average molecular weight is 231 g/mol. The van der Waals surface area contributed by atoms with Gasteiger partial charge in [0, 0.05) is 11.1 Å². The number of anilines is 1. The fraction of sp³-hybridized carbons (Fsp3) is 0. The van der Waals surface area contributed by atoms with Crippen molar-refractivity contribution < 1.29 is 13.6 Å². The summed E-state index contributed by atoms with van der Waals surface area (Å²) in [7, 11) is 0. The molecule has 1 aliphatic rings. The molecule has 0 spiro atoms. The van der Waals surface area contributed by atoms with E-state index in [1.807, 2.05) is 0 Å². The number of ketones is 1. The van der Waals surface area contributed by atoms with Gasteiger partial charge < -0.3 is 5.73 Å². The van der Waals surface area contributed by atoms with E-state index in [9.17, 15) is 13.6 Å². The van der Waals surface area contributed by atoms with Crippen LogP contribution in [-0.2, 0) is 0 Å². The lowest BCUT2D eigenvalue weighted by atomic mass is 10.1. The van der Waals surface area contributed by atoms with Crippen molar-refractivity contribution in [3.05, 3.63) is 53.1 Å². The third kappa shape index (κ3) is 1.27. The van der Waals surface area contributed by atoms with Gasteiger partial charge in [0.05, 0.1) is 5.69 Å². The van der Waals surface area contributed by atoms with Crippen molar-refractivity contribution in [3.63, 3.8) is 0 Å². The maximum Gasteiger partial charge on any atom is 0.194 e. The molecule has 0 atom stereocenters. The van der Waals surface area contributed by atoms with Crippen LogP contribution >= 0.6 is 0 Å². The molecule has 84 valence electrons. The van der Waals surface area contributed by atoms with Gasteiger partial charge in [-0.25, -0.2) is 8.78 Å². The Labute approximate surface area is 95.7 Å². The highest BCUT2D eigenvalue weighted by atomic mass is 19.1. The van der Waals surface area contributed by atoms with E-state index >= 15 is 0 Å². The number of hydrogen-bond acceptors (Lipinski definition) is 2. The number of nitrogens with two attached hydrogens (primary N) is 1. The van der Waals surface area contributed by atoms with E-state index in [1.54, 1.807) is 0 Å². The number of halogens is 2. The predicted octanol–water partition coefficient (Wildman–Crippen LogP) is 2.76. The summed E-state index contributed by atoms with van der Waals surface area (Å²) in [5.74, 6) is -1.38. The van der Waals surface area contributed by atoms with Crippen molar-refractivity contribution >= 4 is 11.5 Å². The second-order valence-corrected chi connectivity index (χ2v) is 3.94. The molecule has 0 saturated heterocycles. The maximum atomic E-state index is 13.4. The Morgan fingerprint density at radius 2 is 1.59 bits per heavy atom. The first-order valence-electron chi connectivity index (χ1n) is 5.01. The van der Waals surface area contributed by atoms with Gasteiger partial charge in [0.2, 0.25) is 0 Å². The summed E-state index contributed by atoms with van der Waals surface area (Å²) in [5, 5.41) is 0. The largest absolute Gasteiger partial charge is 0.396 e. The standard InChI is InChI=1S/C13H7F2NO/c14-6-1-2-7-8-4-11(15)12(16)5-10(8)13(17)9(7)3-6/h1-5H,16H2. The Morgan fingerprint density at radius 3 is 2.35 bits per heavy atom. The van der Waals surface area contributed by atoms with E-state index in [0.29, 0.717) is 16.7 Å². The highest BCUT2D eigenvalue weighted by Crippen LogP contribution is 2.38. The van der Waals surface area contributed by atoms with Gasteiger partial charge in [0.25, 0.3) is 0 Å². The van der Waals surface area contributed by atoms with E-state index < -0.39 is 11.6 Å². The highest BCUT2D eigenvalue weighted by molar-refractivity contribution is 6.22. The Morgan fingerprint density at radius 1 is 0.882 bits per heavy atom. The third-order valence-electron chi connectivity index (χ3n) is 2.90. The maximum absolute atomic E-state index is 13.4. The Kier molecular flexibility index (Phi) is 1.84. The topological polar surface area (TPSA) is 43.1 Å². The van der Waals surface area contributed by atoms with Crippen LogP contribution in [0.5, 0.6) is 0 Å². The number of rotatable bonds is 0. The summed E-state index contributed by atoms with van der Waals surface area (Å²) in [5.41, 5.74) is 6.93. The molecular formula is C13H7F2NO. The van der Waals surface area contributed by atoms with Crippen molar-refractivity contribution in [3.8, 4) is 11.1 Å². The molecule has 0 heterocycles. The van der Waals surface area contributed by atoms with Crippen LogP contribution in [-0.4, -0.2) is 5.78 Å². The fourth-order valence-corrected chi connectivity index (χ4v) is 2.08. The number of benzene rings is 2. The fourth-order valence-electron chi connectivity index (χ4n) is 2.08. The quantitative estimate of drug-likeness (QED) is 0.604. The molecule has 17 heavy (non-hydrogen) atoms. The second-order valence-electron chi connectivity index (χ2n) is 3.94. The first-order valence-corrected chi connectivity index (χ1v) is 5.01. The van der Waals surface area contributed by atoms with Crippen LogP contribution in [0.2, 0.25) is 0 Å². The molecule has 0 aromatic heterocycles. The van der Waals surface area contributed by atoms with Crippen molar-refractivity contribution in [2.45, 2.75) is 0 Å². The molecule has 2 N–H and O–H groups in total. The van der Waals surface area contributed by atoms with Gasteiger partial charge in [-0.2, -0.15) is 0 Å². The zero-order chi connectivity index (χ0) is 12.2.